The quantitative estimate of drug-likeness (QED) is 0.263. The monoisotopic (exact) mass is 495 g/mol. The van der Waals surface area contributed by atoms with Crippen molar-refractivity contribution >= 4 is 5.97 Å². The summed E-state index contributed by atoms with van der Waals surface area (Å²) in [7, 11) is 1.36. The van der Waals surface area contributed by atoms with Crippen LogP contribution in [-0.4, -0.2) is 50.3 Å². The largest absolute Gasteiger partial charge is 0.494 e. The van der Waals surface area contributed by atoms with E-state index in [1.165, 1.54) is 31.4 Å². The summed E-state index contributed by atoms with van der Waals surface area (Å²) in [6.45, 7) is 3.34. The van der Waals surface area contributed by atoms with Crippen molar-refractivity contribution in [1.82, 2.24) is 4.90 Å². The van der Waals surface area contributed by atoms with E-state index in [0.29, 0.717) is 12.2 Å². The minimum atomic E-state index is -0.373. The molecule has 0 atom stereocenters. The Morgan fingerprint density at radius 3 is 1.97 bits per heavy atom. The maximum absolute atomic E-state index is 13.5. The molecule has 1 aliphatic heterocycles. The molecule has 0 unspecified atom stereocenters. The fraction of sp³-hybridized carbons (Fsp3) is 0.345. The van der Waals surface area contributed by atoms with Crippen LogP contribution in [-0.2, 0) is 9.47 Å². The zero-order valence-corrected chi connectivity index (χ0v) is 20.4. The molecule has 3 aromatic carbocycles. The summed E-state index contributed by atoms with van der Waals surface area (Å²) >= 11 is 0. The molecule has 1 heterocycles. The average Bonchev–Trinajstić information content (AvgIpc) is 2.91. The lowest BCUT2D eigenvalue weighted by molar-refractivity contribution is -0.0273. The van der Waals surface area contributed by atoms with Gasteiger partial charge in [0.2, 0.25) is 0 Å². The first kappa shape index (κ1) is 25.8. The molecule has 0 spiro atoms. The van der Waals surface area contributed by atoms with Gasteiger partial charge in [-0.15, -0.1) is 0 Å². The Hall–Kier alpha value is -3.29. The average molecular weight is 496 g/mol. The number of piperidine rings is 1. The molecular weight excluding hydrogens is 464 g/mol. The molecular formula is C29H31F2NO4. The third-order valence-electron chi connectivity index (χ3n) is 6.37. The highest BCUT2D eigenvalue weighted by atomic mass is 19.1. The van der Waals surface area contributed by atoms with Gasteiger partial charge in [0.15, 0.2) is 0 Å². The van der Waals surface area contributed by atoms with Crippen molar-refractivity contribution in [1.29, 1.82) is 0 Å². The van der Waals surface area contributed by atoms with Crippen molar-refractivity contribution in [2.45, 2.75) is 31.5 Å². The summed E-state index contributed by atoms with van der Waals surface area (Å²) in [5.74, 6) is -0.239. The van der Waals surface area contributed by atoms with Gasteiger partial charge >= 0.3 is 5.97 Å². The number of benzene rings is 3. The van der Waals surface area contributed by atoms with Gasteiger partial charge in [0.05, 0.1) is 25.4 Å². The first-order valence-electron chi connectivity index (χ1n) is 12.2. The molecule has 0 aromatic heterocycles. The SMILES string of the molecule is COC(=O)c1ccc(OCCCN2CCC(OC(c3ccc(F)cc3)c3ccc(F)cc3)CC2)cc1. The molecule has 0 amide bonds. The van der Waals surface area contributed by atoms with Crippen LogP contribution in [0.4, 0.5) is 8.78 Å². The van der Waals surface area contributed by atoms with Crippen molar-refractivity contribution in [3.05, 3.63) is 101 Å². The Morgan fingerprint density at radius 2 is 1.44 bits per heavy atom. The molecule has 0 bridgehead atoms. The molecule has 7 heteroatoms. The van der Waals surface area contributed by atoms with Crippen LogP contribution in [0.1, 0.15) is 46.9 Å². The van der Waals surface area contributed by atoms with Crippen LogP contribution in [0.3, 0.4) is 0 Å². The molecule has 1 aliphatic rings. The second kappa shape index (κ2) is 12.6. The number of nitrogens with zero attached hydrogens (tertiary/aromatic N) is 1. The number of carbonyl (C=O) groups excluding carboxylic acids is 1. The molecule has 3 aromatic rings. The third-order valence-corrected chi connectivity index (χ3v) is 6.37. The van der Waals surface area contributed by atoms with Crippen molar-refractivity contribution in [3.63, 3.8) is 0 Å². The zero-order chi connectivity index (χ0) is 25.3. The van der Waals surface area contributed by atoms with E-state index in [2.05, 4.69) is 4.90 Å². The minimum absolute atomic E-state index is 0.0610. The molecule has 0 aliphatic carbocycles. The third kappa shape index (κ3) is 7.12. The molecule has 5 nitrogen and oxygen atoms in total. The second-order valence-electron chi connectivity index (χ2n) is 8.88. The molecule has 190 valence electrons. The van der Waals surface area contributed by atoms with Gasteiger partial charge in [-0.25, -0.2) is 13.6 Å². The lowest BCUT2D eigenvalue weighted by Crippen LogP contribution is -2.38. The summed E-state index contributed by atoms with van der Waals surface area (Å²) in [6.07, 6.45) is 2.34. The number of halogens is 2. The number of carbonyl (C=O) groups is 1. The summed E-state index contributed by atoms with van der Waals surface area (Å²) in [6, 6.07) is 19.5. The fourth-order valence-corrected chi connectivity index (χ4v) is 4.37. The van der Waals surface area contributed by atoms with Crippen LogP contribution in [0.15, 0.2) is 72.8 Å². The summed E-state index contributed by atoms with van der Waals surface area (Å²) in [4.78, 5) is 13.9. The van der Waals surface area contributed by atoms with Gasteiger partial charge in [0.1, 0.15) is 23.5 Å². The van der Waals surface area contributed by atoms with Gasteiger partial charge < -0.3 is 19.1 Å². The van der Waals surface area contributed by atoms with Crippen LogP contribution >= 0.6 is 0 Å². The zero-order valence-electron chi connectivity index (χ0n) is 20.4. The van der Waals surface area contributed by atoms with Crippen LogP contribution in [0.2, 0.25) is 0 Å². The van der Waals surface area contributed by atoms with Crippen molar-refractivity contribution in [2.24, 2.45) is 0 Å². The van der Waals surface area contributed by atoms with E-state index >= 15 is 0 Å². The van der Waals surface area contributed by atoms with E-state index in [1.807, 2.05) is 0 Å². The molecule has 0 saturated carbocycles. The number of rotatable bonds is 10. The Labute approximate surface area is 210 Å². The minimum Gasteiger partial charge on any atom is -0.494 e. The van der Waals surface area contributed by atoms with Crippen LogP contribution in [0.5, 0.6) is 5.75 Å². The predicted molar refractivity (Wildman–Crippen MR) is 133 cm³/mol. The highest BCUT2D eigenvalue weighted by molar-refractivity contribution is 5.89. The van der Waals surface area contributed by atoms with Crippen LogP contribution < -0.4 is 4.74 Å². The number of esters is 1. The van der Waals surface area contributed by atoms with E-state index < -0.39 is 0 Å². The second-order valence-corrected chi connectivity index (χ2v) is 8.88. The van der Waals surface area contributed by atoms with E-state index in [0.717, 1.165) is 55.8 Å². The number of likely N-dealkylation sites (tertiary alicyclic amines) is 1. The molecule has 1 saturated heterocycles. The molecule has 1 fully saturated rings. The summed E-state index contributed by atoms with van der Waals surface area (Å²) < 4.78 is 43.9. The van der Waals surface area contributed by atoms with Crippen molar-refractivity contribution in [2.75, 3.05) is 33.4 Å². The Morgan fingerprint density at radius 1 is 0.889 bits per heavy atom. The first-order chi connectivity index (χ1) is 17.5. The normalized spacial score (nSPS) is 14.7. The van der Waals surface area contributed by atoms with Crippen LogP contribution in [0, 0.1) is 11.6 Å². The Balaban J connectivity index is 1.23. The van der Waals surface area contributed by atoms with Crippen LogP contribution in [0.25, 0.3) is 0 Å². The number of hydrogen-bond acceptors (Lipinski definition) is 5. The Kier molecular flexibility index (Phi) is 9.03. The lowest BCUT2D eigenvalue weighted by atomic mass is 10.00. The van der Waals surface area contributed by atoms with E-state index in [9.17, 15) is 13.6 Å². The number of hydrogen-bond donors (Lipinski definition) is 0. The van der Waals surface area contributed by atoms with Crippen molar-refractivity contribution < 1.29 is 27.8 Å². The fourth-order valence-electron chi connectivity index (χ4n) is 4.37. The molecule has 0 radical (unpaired) electrons. The van der Waals surface area contributed by atoms with Gasteiger partial charge in [-0.05, 0) is 78.9 Å². The summed E-state index contributed by atoms with van der Waals surface area (Å²) in [5, 5.41) is 0. The van der Waals surface area contributed by atoms with Gasteiger partial charge in [0, 0.05) is 19.6 Å². The number of ether oxygens (including phenoxy) is 3. The maximum Gasteiger partial charge on any atom is 0.337 e. The smallest absolute Gasteiger partial charge is 0.337 e. The highest BCUT2D eigenvalue weighted by Crippen LogP contribution is 2.30. The highest BCUT2D eigenvalue weighted by Gasteiger charge is 2.25. The summed E-state index contributed by atoms with van der Waals surface area (Å²) in [5.41, 5.74) is 2.19. The molecule has 4 rings (SSSR count). The maximum atomic E-state index is 13.5. The topological polar surface area (TPSA) is 48.0 Å². The van der Waals surface area contributed by atoms with Gasteiger partial charge in [0.25, 0.3) is 0 Å². The standard InChI is InChI=1S/C29H31F2NO4/c1-34-29(33)23-7-13-26(14-8-23)35-20-2-17-32-18-15-27(16-19-32)36-28(21-3-9-24(30)10-4-21)22-5-11-25(31)12-6-22/h3-14,27-28H,2,15-20H2,1H3. The van der Waals surface area contributed by atoms with E-state index in [-0.39, 0.29) is 29.8 Å². The van der Waals surface area contributed by atoms with E-state index in [4.69, 9.17) is 14.2 Å². The van der Waals surface area contributed by atoms with Gasteiger partial charge in [-0.1, -0.05) is 24.3 Å². The number of methoxy groups -OCH3 is 1. The Bertz CT molecular complexity index is 1050. The van der Waals surface area contributed by atoms with Gasteiger partial charge in [-0.2, -0.15) is 0 Å². The first-order valence-corrected chi connectivity index (χ1v) is 12.2. The lowest BCUT2D eigenvalue weighted by Gasteiger charge is -2.34. The molecule has 36 heavy (non-hydrogen) atoms. The van der Waals surface area contributed by atoms with Gasteiger partial charge in [-0.3, -0.25) is 0 Å². The van der Waals surface area contributed by atoms with E-state index in [1.54, 1.807) is 48.5 Å². The predicted octanol–water partition coefficient (Wildman–Crippen LogP) is 5.79. The van der Waals surface area contributed by atoms with Crippen molar-refractivity contribution in [3.8, 4) is 5.75 Å². The molecule has 0 N–H and O–H groups in total.